The van der Waals surface area contributed by atoms with E-state index in [9.17, 15) is 9.59 Å². The van der Waals surface area contributed by atoms with Crippen molar-refractivity contribution in [1.82, 2.24) is 14.8 Å². The highest BCUT2D eigenvalue weighted by Crippen LogP contribution is 2.41. The Bertz CT molecular complexity index is 1050. The molecule has 0 spiro atoms. The van der Waals surface area contributed by atoms with Crippen LogP contribution in [0.25, 0.3) is 0 Å². The van der Waals surface area contributed by atoms with Gasteiger partial charge in [-0.3, -0.25) is 14.3 Å². The molecule has 7 nitrogen and oxygen atoms in total. The molecule has 3 aromatic rings. The lowest BCUT2D eigenvalue weighted by molar-refractivity contribution is 0.0987. The van der Waals surface area contributed by atoms with E-state index in [-0.39, 0.29) is 11.8 Å². The largest absolute Gasteiger partial charge is 0.321 e. The van der Waals surface area contributed by atoms with Crippen molar-refractivity contribution in [3.63, 3.8) is 0 Å². The molecule has 3 heterocycles. The van der Waals surface area contributed by atoms with Gasteiger partial charge in [0.1, 0.15) is 5.03 Å². The Labute approximate surface area is 160 Å². The van der Waals surface area contributed by atoms with E-state index in [2.05, 4.69) is 15.4 Å². The van der Waals surface area contributed by atoms with Crippen LogP contribution in [0.5, 0.6) is 0 Å². The molecule has 2 aromatic heterocycles. The maximum absolute atomic E-state index is 12.7. The summed E-state index contributed by atoms with van der Waals surface area (Å²) in [6.07, 6.45) is 3.44. The van der Waals surface area contributed by atoms with Gasteiger partial charge >= 0.3 is 0 Å². The third-order valence-corrected chi connectivity index (χ3v) is 5.35. The fraction of sp³-hybridized carbons (Fsp3) is 0.158. The Balaban J connectivity index is 1.65. The molecule has 0 aliphatic carbocycles. The maximum Gasteiger partial charge on any atom is 0.276 e. The predicted molar refractivity (Wildman–Crippen MR) is 103 cm³/mol. The van der Waals surface area contributed by atoms with Crippen molar-refractivity contribution in [2.45, 2.75) is 23.4 Å². The Morgan fingerprint density at radius 3 is 2.89 bits per heavy atom. The van der Waals surface area contributed by atoms with E-state index in [1.54, 1.807) is 53.3 Å². The number of amides is 2. The van der Waals surface area contributed by atoms with Crippen LogP contribution in [0, 0.1) is 0 Å². The normalized spacial score (nSPS) is 13.0. The van der Waals surface area contributed by atoms with Gasteiger partial charge in [-0.1, -0.05) is 11.8 Å². The van der Waals surface area contributed by atoms with Crippen LogP contribution >= 0.6 is 11.8 Å². The fourth-order valence-electron chi connectivity index (χ4n) is 2.83. The van der Waals surface area contributed by atoms with Crippen LogP contribution < -0.4 is 10.2 Å². The van der Waals surface area contributed by atoms with Crippen molar-refractivity contribution >= 4 is 35.0 Å². The summed E-state index contributed by atoms with van der Waals surface area (Å²) >= 11 is 1.41. The van der Waals surface area contributed by atoms with Crippen molar-refractivity contribution in [3.05, 3.63) is 60.0 Å². The van der Waals surface area contributed by atoms with Crippen molar-refractivity contribution in [2.75, 3.05) is 17.3 Å². The molecule has 0 bridgehead atoms. The van der Waals surface area contributed by atoms with Gasteiger partial charge in [-0.05, 0) is 43.3 Å². The molecule has 27 heavy (non-hydrogen) atoms. The van der Waals surface area contributed by atoms with Gasteiger partial charge in [-0.25, -0.2) is 4.98 Å². The van der Waals surface area contributed by atoms with Crippen LogP contribution in [0.3, 0.4) is 0 Å². The van der Waals surface area contributed by atoms with E-state index >= 15 is 0 Å². The lowest BCUT2D eigenvalue weighted by Gasteiger charge is -2.17. The number of nitrogens with zero attached hydrogens (tertiary/aromatic N) is 4. The highest BCUT2D eigenvalue weighted by atomic mass is 32.2. The minimum atomic E-state index is -0.274. The topological polar surface area (TPSA) is 80.1 Å². The standard InChI is InChI=1S/C19H17N5O2S/c1-3-24-10-8-14(22-24)17(25)21-12-6-7-15-16(11-12)27-18-13(5-4-9-20-18)19(26)23(15)2/h4-11H,3H2,1-2H3,(H,21,25). The Morgan fingerprint density at radius 1 is 1.26 bits per heavy atom. The van der Waals surface area contributed by atoms with Gasteiger partial charge in [0.25, 0.3) is 11.8 Å². The van der Waals surface area contributed by atoms with E-state index in [1.807, 2.05) is 19.1 Å². The summed E-state index contributed by atoms with van der Waals surface area (Å²) < 4.78 is 1.70. The summed E-state index contributed by atoms with van der Waals surface area (Å²) in [5.74, 6) is -0.380. The molecular formula is C19H17N5O2S. The lowest BCUT2D eigenvalue weighted by atomic mass is 10.2. The van der Waals surface area contributed by atoms with Crippen LogP contribution in [-0.4, -0.2) is 33.6 Å². The van der Waals surface area contributed by atoms with E-state index in [0.717, 1.165) is 10.6 Å². The number of nitrogens with one attached hydrogen (secondary N) is 1. The highest BCUT2D eigenvalue weighted by Gasteiger charge is 2.25. The summed E-state index contributed by atoms with van der Waals surface area (Å²) in [6.45, 7) is 2.66. The lowest BCUT2D eigenvalue weighted by Crippen LogP contribution is -2.26. The maximum atomic E-state index is 12.7. The summed E-state index contributed by atoms with van der Waals surface area (Å²) in [7, 11) is 1.74. The quantitative estimate of drug-likeness (QED) is 0.755. The first-order valence-electron chi connectivity index (χ1n) is 8.46. The molecule has 4 rings (SSSR count). The molecule has 0 saturated heterocycles. The third-order valence-electron chi connectivity index (χ3n) is 4.29. The van der Waals surface area contributed by atoms with Gasteiger partial charge in [0.05, 0.1) is 11.3 Å². The van der Waals surface area contributed by atoms with E-state index in [1.165, 1.54) is 11.8 Å². The zero-order valence-corrected chi connectivity index (χ0v) is 15.7. The molecule has 8 heteroatoms. The van der Waals surface area contributed by atoms with Crippen LogP contribution in [0.4, 0.5) is 11.4 Å². The molecule has 1 aromatic carbocycles. The zero-order chi connectivity index (χ0) is 19.0. The number of rotatable bonds is 3. The Kier molecular flexibility index (Phi) is 4.41. The zero-order valence-electron chi connectivity index (χ0n) is 14.8. The monoisotopic (exact) mass is 379 g/mol. The molecule has 1 aliphatic rings. The second-order valence-electron chi connectivity index (χ2n) is 6.02. The number of benzene rings is 1. The number of aromatic nitrogens is 3. The number of carbonyl (C=O) groups excluding carboxylic acids is 2. The van der Waals surface area contributed by atoms with Crippen LogP contribution in [0.2, 0.25) is 0 Å². The third kappa shape index (κ3) is 3.19. The van der Waals surface area contributed by atoms with Gasteiger partial charge in [0.2, 0.25) is 0 Å². The molecule has 0 radical (unpaired) electrons. The SMILES string of the molecule is CCn1ccc(C(=O)Nc2ccc3c(c2)Sc2ncccc2C(=O)N3C)n1. The Morgan fingerprint density at radius 2 is 2.11 bits per heavy atom. The molecule has 0 fully saturated rings. The van der Waals surface area contributed by atoms with Crippen LogP contribution in [0.1, 0.15) is 27.8 Å². The number of hydrogen-bond donors (Lipinski definition) is 1. The smallest absolute Gasteiger partial charge is 0.276 e. The van der Waals surface area contributed by atoms with Gasteiger partial charge in [-0.2, -0.15) is 5.10 Å². The Hall–Kier alpha value is -3.13. The molecule has 1 aliphatic heterocycles. The number of carbonyl (C=O) groups is 2. The van der Waals surface area contributed by atoms with Crippen LogP contribution in [0.15, 0.2) is 58.7 Å². The van der Waals surface area contributed by atoms with Gasteiger partial charge in [0, 0.05) is 36.6 Å². The van der Waals surface area contributed by atoms with Crippen molar-refractivity contribution in [3.8, 4) is 0 Å². The average molecular weight is 379 g/mol. The summed E-state index contributed by atoms with van der Waals surface area (Å²) in [4.78, 5) is 31.9. The number of pyridine rings is 1. The van der Waals surface area contributed by atoms with Gasteiger partial charge in [0.15, 0.2) is 5.69 Å². The minimum Gasteiger partial charge on any atom is -0.321 e. The van der Waals surface area contributed by atoms with Crippen molar-refractivity contribution in [2.24, 2.45) is 0 Å². The second-order valence-corrected chi connectivity index (χ2v) is 7.05. The van der Waals surface area contributed by atoms with Gasteiger partial charge in [-0.15, -0.1) is 0 Å². The first kappa shape index (κ1) is 17.3. The van der Waals surface area contributed by atoms with Crippen LogP contribution in [-0.2, 0) is 6.54 Å². The number of aryl methyl sites for hydroxylation is 1. The van der Waals surface area contributed by atoms with Crippen molar-refractivity contribution < 1.29 is 9.59 Å². The first-order chi connectivity index (χ1) is 13.1. The number of hydrogen-bond acceptors (Lipinski definition) is 5. The summed E-state index contributed by atoms with van der Waals surface area (Å²) in [5, 5.41) is 7.73. The highest BCUT2D eigenvalue weighted by molar-refractivity contribution is 7.99. The van der Waals surface area contributed by atoms with E-state index in [0.29, 0.717) is 28.5 Å². The molecule has 0 unspecified atom stereocenters. The molecular weight excluding hydrogens is 362 g/mol. The van der Waals surface area contributed by atoms with E-state index < -0.39 is 0 Å². The molecule has 2 amide bonds. The predicted octanol–water partition coefficient (Wildman–Crippen LogP) is 3.29. The molecule has 1 N–H and O–H groups in total. The average Bonchev–Trinajstić information content (AvgIpc) is 3.13. The van der Waals surface area contributed by atoms with E-state index in [4.69, 9.17) is 0 Å². The first-order valence-corrected chi connectivity index (χ1v) is 9.28. The molecule has 0 atom stereocenters. The second kappa shape index (κ2) is 6.88. The summed E-state index contributed by atoms with van der Waals surface area (Å²) in [6, 6.07) is 10.7. The van der Waals surface area contributed by atoms with Crippen molar-refractivity contribution in [1.29, 1.82) is 0 Å². The van der Waals surface area contributed by atoms with Gasteiger partial charge < -0.3 is 10.2 Å². The molecule has 136 valence electrons. The minimum absolute atomic E-state index is 0.105. The number of fused-ring (bicyclic) bond motifs is 2. The molecule has 0 saturated carbocycles. The fourth-order valence-corrected chi connectivity index (χ4v) is 3.92. The number of anilines is 2. The summed E-state index contributed by atoms with van der Waals surface area (Å²) in [5.41, 5.74) is 2.34.